The molecule has 1 fully saturated rings. The van der Waals surface area contributed by atoms with E-state index in [4.69, 9.17) is 4.74 Å². The highest BCUT2D eigenvalue weighted by molar-refractivity contribution is 5.78. The molecule has 0 radical (unpaired) electrons. The molecule has 126 valence electrons. The molecule has 0 saturated heterocycles. The van der Waals surface area contributed by atoms with Crippen LogP contribution >= 0.6 is 0 Å². The first-order chi connectivity index (χ1) is 11.5. The monoisotopic (exact) mass is 323 g/mol. The van der Waals surface area contributed by atoms with Crippen molar-refractivity contribution in [1.29, 1.82) is 0 Å². The number of nitrogens with one attached hydrogen (secondary N) is 1. The van der Waals surface area contributed by atoms with Crippen LogP contribution < -0.4 is 10.1 Å². The number of ether oxygens (including phenoxy) is 1. The van der Waals surface area contributed by atoms with Gasteiger partial charge in [-0.25, -0.2) is 0 Å². The third-order valence-electron chi connectivity index (χ3n) is 4.41. The summed E-state index contributed by atoms with van der Waals surface area (Å²) in [5.74, 6) is 1.24. The van der Waals surface area contributed by atoms with Gasteiger partial charge in [0, 0.05) is 0 Å². The summed E-state index contributed by atoms with van der Waals surface area (Å²) in [4.78, 5) is 12.3. The Kier molecular flexibility index (Phi) is 4.89. The van der Waals surface area contributed by atoms with Crippen molar-refractivity contribution < 1.29 is 9.53 Å². The van der Waals surface area contributed by atoms with Crippen LogP contribution in [-0.4, -0.2) is 12.5 Å². The van der Waals surface area contributed by atoms with Gasteiger partial charge in [-0.2, -0.15) is 0 Å². The summed E-state index contributed by atoms with van der Waals surface area (Å²) in [6.45, 7) is 6.19. The van der Waals surface area contributed by atoms with Gasteiger partial charge in [0.05, 0.1) is 6.04 Å². The van der Waals surface area contributed by atoms with E-state index in [1.165, 1.54) is 24.0 Å². The van der Waals surface area contributed by atoms with E-state index in [9.17, 15) is 4.79 Å². The quantitative estimate of drug-likeness (QED) is 0.862. The lowest BCUT2D eigenvalue weighted by Gasteiger charge is -2.19. The van der Waals surface area contributed by atoms with Gasteiger partial charge in [-0.05, 0) is 68.4 Å². The van der Waals surface area contributed by atoms with Crippen LogP contribution in [0, 0.1) is 26.7 Å². The second-order valence-corrected chi connectivity index (χ2v) is 6.91. The minimum Gasteiger partial charge on any atom is -0.484 e. The SMILES string of the molecule is Cc1ccc([C@H](NC(=O)COc2cc(C)cc(C)c2)C2CC2)cc1. The van der Waals surface area contributed by atoms with Crippen LogP contribution in [0.5, 0.6) is 5.75 Å². The Morgan fingerprint density at radius 3 is 2.25 bits per heavy atom. The fraction of sp³-hybridized carbons (Fsp3) is 0.381. The molecule has 1 aliphatic rings. The predicted octanol–water partition coefficient (Wildman–Crippen LogP) is 4.26. The summed E-state index contributed by atoms with van der Waals surface area (Å²) in [6.07, 6.45) is 2.35. The maximum atomic E-state index is 12.3. The van der Waals surface area contributed by atoms with Gasteiger partial charge in [-0.3, -0.25) is 4.79 Å². The molecule has 2 aromatic rings. The normalized spacial score (nSPS) is 15.0. The van der Waals surface area contributed by atoms with Gasteiger partial charge in [-0.15, -0.1) is 0 Å². The topological polar surface area (TPSA) is 38.3 Å². The lowest BCUT2D eigenvalue weighted by molar-refractivity contribution is -0.124. The highest BCUT2D eigenvalue weighted by Gasteiger charge is 2.33. The molecule has 3 nitrogen and oxygen atoms in total. The zero-order valence-corrected chi connectivity index (χ0v) is 14.6. The molecule has 24 heavy (non-hydrogen) atoms. The minimum atomic E-state index is -0.0633. The van der Waals surface area contributed by atoms with E-state index in [1.54, 1.807) is 0 Å². The van der Waals surface area contributed by atoms with Crippen LogP contribution in [0.4, 0.5) is 0 Å². The highest BCUT2D eigenvalue weighted by atomic mass is 16.5. The first-order valence-corrected chi connectivity index (χ1v) is 8.58. The minimum absolute atomic E-state index is 0.0535. The Hall–Kier alpha value is -2.29. The molecule has 0 unspecified atom stereocenters. The molecule has 0 heterocycles. The van der Waals surface area contributed by atoms with Crippen LogP contribution in [0.25, 0.3) is 0 Å². The van der Waals surface area contributed by atoms with Crippen molar-refractivity contribution in [3.05, 3.63) is 64.7 Å². The van der Waals surface area contributed by atoms with Gasteiger partial charge in [0.2, 0.25) is 0 Å². The molecule has 1 saturated carbocycles. The fourth-order valence-corrected chi connectivity index (χ4v) is 3.06. The maximum absolute atomic E-state index is 12.3. The van der Waals surface area contributed by atoms with Crippen molar-refractivity contribution in [3.8, 4) is 5.75 Å². The molecule has 0 aliphatic heterocycles. The van der Waals surface area contributed by atoms with Crippen LogP contribution in [-0.2, 0) is 4.79 Å². The summed E-state index contributed by atoms with van der Waals surface area (Å²) in [5.41, 5.74) is 4.70. The number of carbonyl (C=O) groups excluding carboxylic acids is 1. The molecule has 3 rings (SSSR count). The predicted molar refractivity (Wildman–Crippen MR) is 96.2 cm³/mol. The van der Waals surface area contributed by atoms with Crippen LogP contribution in [0.1, 0.15) is 41.1 Å². The van der Waals surface area contributed by atoms with Crippen molar-refractivity contribution in [2.24, 2.45) is 5.92 Å². The van der Waals surface area contributed by atoms with Crippen molar-refractivity contribution in [2.45, 2.75) is 39.7 Å². The zero-order chi connectivity index (χ0) is 17.1. The molecule has 2 aromatic carbocycles. The largest absolute Gasteiger partial charge is 0.484 e. The molecule has 0 spiro atoms. The summed E-state index contributed by atoms with van der Waals surface area (Å²) in [5, 5.41) is 3.15. The Balaban J connectivity index is 1.60. The number of carbonyl (C=O) groups is 1. The van der Waals surface area contributed by atoms with E-state index in [2.05, 4.69) is 42.6 Å². The van der Waals surface area contributed by atoms with E-state index < -0.39 is 0 Å². The number of hydrogen-bond donors (Lipinski definition) is 1. The maximum Gasteiger partial charge on any atom is 0.258 e. The summed E-state index contributed by atoms with van der Waals surface area (Å²) >= 11 is 0. The third kappa shape index (κ3) is 4.38. The molecule has 1 N–H and O–H groups in total. The number of amides is 1. The molecule has 0 bridgehead atoms. The van der Waals surface area contributed by atoms with Gasteiger partial charge in [0.25, 0.3) is 5.91 Å². The first-order valence-electron chi connectivity index (χ1n) is 8.58. The van der Waals surface area contributed by atoms with Gasteiger partial charge < -0.3 is 10.1 Å². The second kappa shape index (κ2) is 7.08. The van der Waals surface area contributed by atoms with Crippen LogP contribution in [0.2, 0.25) is 0 Å². The van der Waals surface area contributed by atoms with Crippen LogP contribution in [0.15, 0.2) is 42.5 Å². The van der Waals surface area contributed by atoms with Gasteiger partial charge in [0.15, 0.2) is 6.61 Å². The summed E-state index contributed by atoms with van der Waals surface area (Å²) in [6, 6.07) is 14.5. The van der Waals surface area contributed by atoms with E-state index >= 15 is 0 Å². The fourth-order valence-electron chi connectivity index (χ4n) is 3.06. The Morgan fingerprint density at radius 1 is 1.04 bits per heavy atom. The molecular weight excluding hydrogens is 298 g/mol. The molecule has 0 aromatic heterocycles. The first kappa shape index (κ1) is 16.6. The van der Waals surface area contributed by atoms with Crippen molar-refractivity contribution in [2.75, 3.05) is 6.61 Å². The Bertz CT molecular complexity index is 697. The van der Waals surface area contributed by atoms with Gasteiger partial charge >= 0.3 is 0 Å². The van der Waals surface area contributed by atoms with E-state index in [0.717, 1.165) is 16.9 Å². The Labute approximate surface area is 144 Å². The Morgan fingerprint density at radius 2 is 1.67 bits per heavy atom. The molecule has 3 heteroatoms. The molecular formula is C21H25NO2. The van der Waals surface area contributed by atoms with Crippen LogP contribution in [0.3, 0.4) is 0 Å². The average Bonchev–Trinajstić information content (AvgIpc) is 3.35. The summed E-state index contributed by atoms with van der Waals surface area (Å²) in [7, 11) is 0. The number of aryl methyl sites for hydroxylation is 3. The highest BCUT2D eigenvalue weighted by Crippen LogP contribution is 2.41. The van der Waals surface area contributed by atoms with E-state index in [0.29, 0.717) is 5.92 Å². The number of benzene rings is 2. The number of rotatable bonds is 6. The second-order valence-electron chi connectivity index (χ2n) is 6.91. The van der Waals surface area contributed by atoms with Gasteiger partial charge in [0.1, 0.15) is 5.75 Å². The van der Waals surface area contributed by atoms with E-state index in [1.807, 2.05) is 26.0 Å². The van der Waals surface area contributed by atoms with Crippen molar-refractivity contribution >= 4 is 5.91 Å². The van der Waals surface area contributed by atoms with Gasteiger partial charge in [-0.1, -0.05) is 35.9 Å². The third-order valence-corrected chi connectivity index (χ3v) is 4.41. The zero-order valence-electron chi connectivity index (χ0n) is 14.6. The molecule has 1 atom stereocenters. The van der Waals surface area contributed by atoms with Crippen molar-refractivity contribution in [3.63, 3.8) is 0 Å². The number of hydrogen-bond acceptors (Lipinski definition) is 2. The average molecular weight is 323 g/mol. The molecule has 1 amide bonds. The van der Waals surface area contributed by atoms with E-state index in [-0.39, 0.29) is 18.6 Å². The standard InChI is InChI=1S/C21H25NO2/c1-14-4-6-17(7-5-14)21(18-8-9-18)22-20(23)13-24-19-11-15(2)10-16(3)12-19/h4-7,10-12,18,21H,8-9,13H2,1-3H3,(H,22,23)/t21-/m0/s1. The summed E-state index contributed by atoms with van der Waals surface area (Å²) < 4.78 is 5.67. The lowest BCUT2D eigenvalue weighted by atomic mass is 10.0. The molecule has 1 aliphatic carbocycles. The van der Waals surface area contributed by atoms with Crippen molar-refractivity contribution in [1.82, 2.24) is 5.32 Å². The lowest BCUT2D eigenvalue weighted by Crippen LogP contribution is -2.33. The smallest absolute Gasteiger partial charge is 0.258 e.